The van der Waals surface area contributed by atoms with E-state index in [0.29, 0.717) is 26.6 Å². The van der Waals surface area contributed by atoms with E-state index in [1.165, 1.54) is 17.4 Å². The highest BCUT2D eigenvalue weighted by Gasteiger charge is 2.17. The van der Waals surface area contributed by atoms with E-state index in [0.717, 1.165) is 22.2 Å². The number of thiazole rings is 1. The van der Waals surface area contributed by atoms with Crippen LogP contribution in [0.2, 0.25) is 0 Å². The quantitative estimate of drug-likeness (QED) is 0.323. The van der Waals surface area contributed by atoms with Crippen molar-refractivity contribution in [2.45, 2.75) is 13.8 Å². The first-order chi connectivity index (χ1) is 14.4. The molecule has 3 aromatic heterocycles. The summed E-state index contributed by atoms with van der Waals surface area (Å²) in [5.74, 6) is 1.13. The molecule has 0 fully saturated rings. The Balaban J connectivity index is 1.59. The molecule has 5 aromatic rings. The average molecular weight is 417 g/mol. The minimum absolute atomic E-state index is 0.0831. The van der Waals surface area contributed by atoms with E-state index < -0.39 is 0 Å². The number of hydrogen-bond donors (Lipinski definition) is 0. The zero-order valence-corrected chi connectivity index (χ0v) is 16.9. The summed E-state index contributed by atoms with van der Waals surface area (Å²) in [5.41, 5.74) is 3.70. The molecule has 148 valence electrons. The van der Waals surface area contributed by atoms with Gasteiger partial charge in [-0.1, -0.05) is 23.5 Å². The second-order valence-corrected chi connectivity index (χ2v) is 7.98. The lowest BCUT2D eigenvalue weighted by atomic mass is 10.00. The van der Waals surface area contributed by atoms with Crippen molar-refractivity contribution in [3.05, 3.63) is 90.4 Å². The van der Waals surface area contributed by atoms with Crippen molar-refractivity contribution in [1.82, 2.24) is 9.38 Å². The number of benzene rings is 2. The number of imidazole rings is 1. The Hall–Kier alpha value is -3.78. The van der Waals surface area contributed by atoms with Crippen LogP contribution in [0, 0.1) is 24.0 Å². The number of furan rings is 1. The van der Waals surface area contributed by atoms with Gasteiger partial charge in [-0.25, -0.2) is 9.38 Å². The van der Waals surface area contributed by atoms with E-state index >= 15 is 0 Å². The summed E-state index contributed by atoms with van der Waals surface area (Å²) in [4.78, 5) is 28.8. The first-order valence-electron chi connectivity index (χ1n) is 9.20. The maximum absolute atomic E-state index is 12.9. The molecule has 0 saturated heterocycles. The molecule has 5 rings (SSSR count). The lowest BCUT2D eigenvalue weighted by Gasteiger charge is -2.06. The number of rotatable bonds is 3. The predicted molar refractivity (Wildman–Crippen MR) is 116 cm³/mol. The first kappa shape index (κ1) is 18.3. The standard InChI is InChI=1S/C22H15N3O4S/c1-12-13(2)17(25(27)28)9-8-15(12)19-10-7-14(29-19)11-20-21(26)24-18-6-4-3-5-16(18)23-22(24)30-20/h3-11H,1-2H3. The molecule has 30 heavy (non-hydrogen) atoms. The minimum Gasteiger partial charge on any atom is -0.457 e. The van der Waals surface area contributed by atoms with Crippen LogP contribution in [0.15, 0.2) is 57.7 Å². The fourth-order valence-corrected chi connectivity index (χ4v) is 4.55. The van der Waals surface area contributed by atoms with Gasteiger partial charge in [-0.05, 0) is 49.7 Å². The molecule has 0 aliphatic heterocycles. The van der Waals surface area contributed by atoms with Gasteiger partial charge in [0.05, 0.1) is 16.0 Å². The summed E-state index contributed by atoms with van der Waals surface area (Å²) in [7, 11) is 0. The van der Waals surface area contributed by atoms with Crippen molar-refractivity contribution in [2.75, 3.05) is 0 Å². The van der Waals surface area contributed by atoms with Crippen LogP contribution in [-0.4, -0.2) is 14.3 Å². The molecule has 0 aliphatic carbocycles. The monoisotopic (exact) mass is 417 g/mol. The van der Waals surface area contributed by atoms with E-state index in [4.69, 9.17) is 4.42 Å². The van der Waals surface area contributed by atoms with Crippen LogP contribution in [-0.2, 0) is 0 Å². The van der Waals surface area contributed by atoms with E-state index in [-0.39, 0.29) is 16.2 Å². The van der Waals surface area contributed by atoms with Crippen LogP contribution >= 0.6 is 11.3 Å². The van der Waals surface area contributed by atoms with Gasteiger partial charge in [0.2, 0.25) is 0 Å². The number of fused-ring (bicyclic) bond motifs is 3. The van der Waals surface area contributed by atoms with E-state index in [1.54, 1.807) is 35.6 Å². The Morgan fingerprint density at radius 1 is 1.10 bits per heavy atom. The van der Waals surface area contributed by atoms with Gasteiger partial charge >= 0.3 is 0 Å². The van der Waals surface area contributed by atoms with Gasteiger partial charge in [0.1, 0.15) is 16.1 Å². The fraction of sp³-hybridized carbons (Fsp3) is 0.0909. The molecule has 0 bridgehead atoms. The van der Waals surface area contributed by atoms with Crippen molar-refractivity contribution in [3.63, 3.8) is 0 Å². The van der Waals surface area contributed by atoms with Gasteiger partial charge in [-0.3, -0.25) is 14.9 Å². The van der Waals surface area contributed by atoms with Crippen molar-refractivity contribution in [2.24, 2.45) is 0 Å². The maximum Gasteiger partial charge on any atom is 0.275 e. The minimum atomic E-state index is -0.389. The molecular formula is C22H15N3O4S. The molecule has 0 spiro atoms. The largest absolute Gasteiger partial charge is 0.457 e. The van der Waals surface area contributed by atoms with E-state index in [2.05, 4.69) is 4.98 Å². The number of aromatic nitrogens is 2. The molecule has 0 atom stereocenters. The van der Waals surface area contributed by atoms with Gasteiger partial charge in [0.25, 0.3) is 11.2 Å². The first-order valence-corrected chi connectivity index (χ1v) is 10.0. The molecule has 0 amide bonds. The molecular weight excluding hydrogens is 402 g/mol. The van der Waals surface area contributed by atoms with Crippen LogP contribution in [0.4, 0.5) is 5.69 Å². The smallest absolute Gasteiger partial charge is 0.275 e. The summed E-state index contributed by atoms with van der Waals surface area (Å²) < 4.78 is 8.08. The van der Waals surface area contributed by atoms with Crippen molar-refractivity contribution in [3.8, 4) is 11.3 Å². The summed E-state index contributed by atoms with van der Waals surface area (Å²) in [6, 6.07) is 14.3. The Kier molecular flexibility index (Phi) is 4.04. The highest BCUT2D eigenvalue weighted by molar-refractivity contribution is 7.15. The number of hydrogen-bond acceptors (Lipinski definition) is 6. The molecule has 0 N–H and O–H groups in total. The summed E-state index contributed by atoms with van der Waals surface area (Å²) in [6.45, 7) is 3.56. The molecule has 0 radical (unpaired) electrons. The Labute approximate surface area is 173 Å². The maximum atomic E-state index is 12.9. The number of nitro benzene ring substituents is 1. The third-order valence-electron chi connectivity index (χ3n) is 5.27. The van der Waals surface area contributed by atoms with Gasteiger partial charge in [-0.15, -0.1) is 0 Å². The van der Waals surface area contributed by atoms with E-state index in [9.17, 15) is 14.9 Å². The van der Waals surface area contributed by atoms with Crippen LogP contribution < -0.4 is 10.1 Å². The predicted octanol–water partition coefficient (Wildman–Crippen LogP) is 4.24. The molecule has 7 nitrogen and oxygen atoms in total. The third kappa shape index (κ3) is 2.73. The van der Waals surface area contributed by atoms with E-state index in [1.807, 2.05) is 31.2 Å². The highest BCUT2D eigenvalue weighted by atomic mass is 32.1. The van der Waals surface area contributed by atoms with Crippen molar-refractivity contribution in [1.29, 1.82) is 0 Å². The topological polar surface area (TPSA) is 90.7 Å². The second-order valence-electron chi connectivity index (χ2n) is 6.98. The second kappa shape index (κ2) is 6.64. The lowest BCUT2D eigenvalue weighted by molar-refractivity contribution is -0.385. The Morgan fingerprint density at radius 2 is 1.90 bits per heavy atom. The molecule has 3 heterocycles. The summed E-state index contributed by atoms with van der Waals surface area (Å²) >= 11 is 1.31. The average Bonchev–Trinajstić information content (AvgIpc) is 3.40. The van der Waals surface area contributed by atoms with Crippen LogP contribution in [0.25, 0.3) is 33.4 Å². The molecule has 0 aliphatic rings. The van der Waals surface area contributed by atoms with Gasteiger partial charge in [0, 0.05) is 23.3 Å². The zero-order chi connectivity index (χ0) is 21.0. The fourth-order valence-electron chi connectivity index (χ4n) is 3.59. The van der Waals surface area contributed by atoms with Gasteiger partial charge < -0.3 is 4.42 Å². The molecule has 2 aromatic carbocycles. The molecule has 8 heteroatoms. The number of nitro groups is 1. The summed E-state index contributed by atoms with van der Waals surface area (Å²) in [5, 5.41) is 11.1. The highest BCUT2D eigenvalue weighted by Crippen LogP contribution is 2.32. The van der Waals surface area contributed by atoms with Crippen molar-refractivity contribution < 1.29 is 9.34 Å². The summed E-state index contributed by atoms with van der Waals surface area (Å²) in [6.07, 6.45) is 1.70. The van der Waals surface area contributed by atoms with Crippen LogP contribution in [0.5, 0.6) is 0 Å². The van der Waals surface area contributed by atoms with Crippen LogP contribution in [0.3, 0.4) is 0 Å². The lowest BCUT2D eigenvalue weighted by Crippen LogP contribution is -2.22. The normalized spacial score (nSPS) is 12.3. The molecule has 0 unspecified atom stereocenters. The number of para-hydroxylation sites is 2. The number of nitrogens with zero attached hydrogens (tertiary/aromatic N) is 3. The van der Waals surface area contributed by atoms with Crippen molar-refractivity contribution >= 4 is 39.1 Å². The van der Waals surface area contributed by atoms with Crippen LogP contribution in [0.1, 0.15) is 16.9 Å². The molecule has 0 saturated carbocycles. The zero-order valence-electron chi connectivity index (χ0n) is 16.1. The Bertz CT molecular complexity index is 1580. The third-order valence-corrected chi connectivity index (χ3v) is 6.23. The van der Waals surface area contributed by atoms with Gasteiger partial charge in [0.15, 0.2) is 4.96 Å². The van der Waals surface area contributed by atoms with Gasteiger partial charge in [-0.2, -0.15) is 0 Å². The Morgan fingerprint density at radius 3 is 2.70 bits per heavy atom. The SMILES string of the molecule is Cc1c(-c2ccc(C=c3sc4nc5ccccc5n4c3=O)o2)ccc([N+](=O)[O-])c1C.